The SMILES string of the molecule is CCc1ccc[cH-]1.CCc1ccc[cH-]1.[Ti+2]. The molecule has 0 nitrogen and oxygen atoms in total. The van der Waals surface area contributed by atoms with Crippen LogP contribution in [0.25, 0.3) is 0 Å². The molecule has 0 aliphatic carbocycles. The van der Waals surface area contributed by atoms with Crippen LogP contribution in [0.5, 0.6) is 0 Å². The van der Waals surface area contributed by atoms with Crippen molar-refractivity contribution in [2.45, 2.75) is 26.7 Å². The molecule has 2 aromatic carbocycles. The molecule has 0 N–H and O–H groups in total. The Bertz CT molecular complexity index is 269. The summed E-state index contributed by atoms with van der Waals surface area (Å²) in [5.74, 6) is 0. The Labute approximate surface area is 108 Å². The van der Waals surface area contributed by atoms with Crippen LogP contribution in [0.2, 0.25) is 0 Å². The van der Waals surface area contributed by atoms with Crippen LogP contribution < -0.4 is 0 Å². The molecule has 0 heterocycles. The quantitative estimate of drug-likeness (QED) is 0.545. The molecule has 0 fully saturated rings. The summed E-state index contributed by atoms with van der Waals surface area (Å²) in [7, 11) is 0. The number of hydrogen-bond donors (Lipinski definition) is 0. The van der Waals surface area contributed by atoms with Gasteiger partial charge in [0.15, 0.2) is 0 Å². The second-order valence-corrected chi connectivity index (χ2v) is 3.29. The summed E-state index contributed by atoms with van der Waals surface area (Å²) in [6.45, 7) is 4.32. The van der Waals surface area contributed by atoms with Crippen molar-refractivity contribution in [2.24, 2.45) is 0 Å². The summed E-state index contributed by atoms with van der Waals surface area (Å²) in [6, 6.07) is 16.8. The molecule has 2 rings (SSSR count). The van der Waals surface area contributed by atoms with Gasteiger partial charge in [0.25, 0.3) is 0 Å². The van der Waals surface area contributed by atoms with E-state index in [9.17, 15) is 0 Å². The Morgan fingerprint density at radius 1 is 0.867 bits per heavy atom. The maximum Gasteiger partial charge on any atom is 2.00 e. The molecule has 0 aromatic heterocycles. The van der Waals surface area contributed by atoms with Crippen LogP contribution in [0.15, 0.2) is 48.5 Å². The summed E-state index contributed by atoms with van der Waals surface area (Å²) >= 11 is 0. The largest absolute Gasteiger partial charge is 2.00 e. The van der Waals surface area contributed by atoms with Gasteiger partial charge in [0.2, 0.25) is 0 Å². The fourth-order valence-corrected chi connectivity index (χ4v) is 1.30. The van der Waals surface area contributed by atoms with Crippen molar-refractivity contribution < 1.29 is 21.7 Å². The van der Waals surface area contributed by atoms with E-state index in [1.54, 1.807) is 0 Å². The van der Waals surface area contributed by atoms with Crippen molar-refractivity contribution in [3.8, 4) is 0 Å². The van der Waals surface area contributed by atoms with E-state index in [0.29, 0.717) is 0 Å². The minimum Gasteiger partial charge on any atom is -0.213 e. The zero-order valence-electron chi connectivity index (χ0n) is 9.53. The third kappa shape index (κ3) is 5.76. The fraction of sp³-hybridized carbons (Fsp3) is 0.286. The van der Waals surface area contributed by atoms with E-state index >= 15 is 0 Å². The maximum atomic E-state index is 2.16. The summed E-state index contributed by atoms with van der Waals surface area (Å²) in [6.07, 6.45) is 2.32. The summed E-state index contributed by atoms with van der Waals surface area (Å²) in [5.41, 5.74) is 2.86. The van der Waals surface area contributed by atoms with Gasteiger partial charge in [-0.3, -0.25) is 0 Å². The molecular formula is C14H18Ti. The smallest absolute Gasteiger partial charge is 0.213 e. The molecule has 0 atom stereocenters. The van der Waals surface area contributed by atoms with Crippen LogP contribution in [0.1, 0.15) is 25.0 Å². The van der Waals surface area contributed by atoms with Crippen molar-refractivity contribution in [1.82, 2.24) is 0 Å². The number of aryl methyl sites for hydroxylation is 2. The minimum atomic E-state index is 0. The molecule has 0 aliphatic heterocycles. The van der Waals surface area contributed by atoms with Gasteiger partial charge in [-0.2, -0.15) is 35.4 Å². The van der Waals surface area contributed by atoms with E-state index in [4.69, 9.17) is 0 Å². The van der Waals surface area contributed by atoms with E-state index in [1.807, 2.05) is 0 Å². The van der Waals surface area contributed by atoms with Crippen LogP contribution in [-0.2, 0) is 34.6 Å². The Morgan fingerprint density at radius 2 is 1.27 bits per heavy atom. The third-order valence-electron chi connectivity index (χ3n) is 2.28. The molecule has 15 heavy (non-hydrogen) atoms. The standard InChI is InChI=1S/2C7H9.Ti/c2*1-2-7-5-3-4-6-7;/h2*3-6H,2H2,1H3;/q2*-1;+2. The van der Waals surface area contributed by atoms with Crippen LogP contribution in [-0.4, -0.2) is 0 Å². The zero-order valence-corrected chi connectivity index (χ0v) is 11.1. The first-order valence-electron chi connectivity index (χ1n) is 5.28. The molecule has 78 valence electrons. The molecule has 1 heteroatoms. The molecule has 0 saturated heterocycles. The normalized spacial score (nSPS) is 8.67. The Balaban J connectivity index is 0.000000245. The number of hydrogen-bond acceptors (Lipinski definition) is 0. The van der Waals surface area contributed by atoms with Gasteiger partial charge in [-0.05, 0) is 0 Å². The first-order chi connectivity index (χ1) is 6.86. The summed E-state index contributed by atoms with van der Waals surface area (Å²) < 4.78 is 0. The van der Waals surface area contributed by atoms with Gasteiger partial charge >= 0.3 is 21.7 Å². The van der Waals surface area contributed by atoms with Gasteiger partial charge in [0.05, 0.1) is 0 Å². The second-order valence-electron chi connectivity index (χ2n) is 3.29. The fourth-order valence-electron chi connectivity index (χ4n) is 1.30. The van der Waals surface area contributed by atoms with Crippen LogP contribution in [0.3, 0.4) is 0 Å². The van der Waals surface area contributed by atoms with Crippen molar-refractivity contribution in [3.05, 3.63) is 59.7 Å². The summed E-state index contributed by atoms with van der Waals surface area (Å²) in [5, 5.41) is 0. The first-order valence-corrected chi connectivity index (χ1v) is 5.28. The maximum absolute atomic E-state index is 2.16. The number of rotatable bonds is 2. The summed E-state index contributed by atoms with van der Waals surface area (Å²) in [4.78, 5) is 0. The van der Waals surface area contributed by atoms with Crippen LogP contribution in [0, 0.1) is 0 Å². The second kappa shape index (κ2) is 8.70. The van der Waals surface area contributed by atoms with Crippen molar-refractivity contribution in [2.75, 3.05) is 0 Å². The predicted molar refractivity (Wildman–Crippen MR) is 62.8 cm³/mol. The zero-order chi connectivity index (χ0) is 10.2. The monoisotopic (exact) mass is 234 g/mol. The van der Waals surface area contributed by atoms with E-state index in [2.05, 4.69) is 62.4 Å². The van der Waals surface area contributed by atoms with Crippen molar-refractivity contribution in [1.29, 1.82) is 0 Å². The topological polar surface area (TPSA) is 0 Å². The molecule has 0 saturated carbocycles. The molecule has 0 bridgehead atoms. The average Bonchev–Trinajstić information content (AvgIpc) is 2.92. The van der Waals surface area contributed by atoms with Gasteiger partial charge in [-0.25, -0.2) is 24.3 Å². The molecule has 0 aliphatic rings. The van der Waals surface area contributed by atoms with Crippen molar-refractivity contribution in [3.63, 3.8) is 0 Å². The Kier molecular flexibility index (Phi) is 8.36. The van der Waals surface area contributed by atoms with Crippen LogP contribution in [0.4, 0.5) is 0 Å². The minimum absolute atomic E-state index is 0. The molecule has 0 radical (unpaired) electrons. The van der Waals surface area contributed by atoms with Crippen molar-refractivity contribution >= 4 is 0 Å². The Morgan fingerprint density at radius 3 is 1.40 bits per heavy atom. The van der Waals surface area contributed by atoms with E-state index in [0.717, 1.165) is 12.8 Å². The molecule has 0 amide bonds. The predicted octanol–water partition coefficient (Wildman–Crippen LogP) is 3.93. The van der Waals surface area contributed by atoms with Gasteiger partial charge in [-0.15, -0.1) is 0 Å². The van der Waals surface area contributed by atoms with E-state index < -0.39 is 0 Å². The van der Waals surface area contributed by atoms with Gasteiger partial charge in [-0.1, -0.05) is 26.7 Å². The van der Waals surface area contributed by atoms with Gasteiger partial charge in [0.1, 0.15) is 0 Å². The van der Waals surface area contributed by atoms with Crippen LogP contribution >= 0.6 is 0 Å². The molecular weight excluding hydrogens is 216 g/mol. The average molecular weight is 234 g/mol. The van der Waals surface area contributed by atoms with Gasteiger partial charge < -0.3 is 0 Å². The van der Waals surface area contributed by atoms with E-state index in [1.165, 1.54) is 11.1 Å². The Hall–Kier alpha value is -0.586. The first kappa shape index (κ1) is 14.4. The third-order valence-corrected chi connectivity index (χ3v) is 2.28. The molecule has 2 aromatic rings. The molecule has 0 spiro atoms. The van der Waals surface area contributed by atoms with E-state index in [-0.39, 0.29) is 21.7 Å². The van der Waals surface area contributed by atoms with Gasteiger partial charge in [0, 0.05) is 0 Å². The molecule has 0 unspecified atom stereocenters.